The van der Waals surface area contributed by atoms with Crippen LogP contribution in [0.25, 0.3) is 11.3 Å². The number of ether oxygens (including phenoxy) is 2. The molecule has 5 nitrogen and oxygen atoms in total. The van der Waals surface area contributed by atoms with Crippen LogP contribution in [0, 0.1) is 13.8 Å². The summed E-state index contributed by atoms with van der Waals surface area (Å²) in [5, 5.41) is 5.29. The fraction of sp³-hybridized carbons (Fsp3) is 0.200. The minimum absolute atomic E-state index is 0.171. The molecule has 0 aliphatic heterocycles. The van der Waals surface area contributed by atoms with E-state index in [-0.39, 0.29) is 5.91 Å². The van der Waals surface area contributed by atoms with E-state index in [1.54, 1.807) is 14.2 Å². The molecule has 0 saturated heterocycles. The lowest BCUT2D eigenvalue weighted by Gasteiger charge is -2.08. The Morgan fingerprint density at radius 3 is 2.54 bits per heavy atom. The first-order valence-corrected chi connectivity index (χ1v) is 8.96. The lowest BCUT2D eigenvalue weighted by molar-refractivity contribution is 0.102. The minimum atomic E-state index is -0.171. The Kier molecular flexibility index (Phi) is 5.23. The van der Waals surface area contributed by atoms with Gasteiger partial charge in [0, 0.05) is 22.6 Å². The molecule has 3 rings (SSSR count). The summed E-state index contributed by atoms with van der Waals surface area (Å²) in [5.74, 6) is 1.21. The molecule has 0 aliphatic rings. The molecule has 1 heterocycles. The van der Waals surface area contributed by atoms with E-state index in [4.69, 9.17) is 9.47 Å². The number of carbonyl (C=O) groups excluding carboxylic acids is 1. The van der Waals surface area contributed by atoms with E-state index in [2.05, 4.69) is 10.3 Å². The number of hydrogen-bond donors (Lipinski definition) is 1. The second-order valence-corrected chi connectivity index (χ2v) is 6.72. The number of anilines is 1. The average Bonchev–Trinajstić information content (AvgIpc) is 3.11. The molecule has 0 aliphatic carbocycles. The summed E-state index contributed by atoms with van der Waals surface area (Å²) in [6, 6.07) is 11.2. The van der Waals surface area contributed by atoms with Crippen molar-refractivity contribution in [2.45, 2.75) is 13.8 Å². The number of hydrogen-bond acceptors (Lipinski definition) is 5. The van der Waals surface area contributed by atoms with Crippen LogP contribution in [0.5, 0.6) is 11.5 Å². The molecule has 0 spiro atoms. The SMILES string of the molecule is COc1ccc(-c2csc(NC(=O)c3ccc(C)c(C)c3)n2)c(OC)c1. The summed E-state index contributed by atoms with van der Waals surface area (Å²) >= 11 is 1.37. The zero-order valence-corrected chi connectivity index (χ0v) is 15.9. The quantitative estimate of drug-likeness (QED) is 0.709. The average molecular weight is 368 g/mol. The summed E-state index contributed by atoms with van der Waals surface area (Å²) in [7, 11) is 3.21. The predicted octanol–water partition coefficient (Wildman–Crippen LogP) is 4.70. The van der Waals surface area contributed by atoms with E-state index in [0.717, 1.165) is 22.4 Å². The van der Waals surface area contributed by atoms with Crippen LogP contribution in [0.1, 0.15) is 21.5 Å². The van der Waals surface area contributed by atoms with Crippen molar-refractivity contribution in [1.82, 2.24) is 4.98 Å². The van der Waals surface area contributed by atoms with Gasteiger partial charge in [0.1, 0.15) is 11.5 Å². The fourth-order valence-corrected chi connectivity index (χ4v) is 3.22. The van der Waals surface area contributed by atoms with Gasteiger partial charge in [-0.25, -0.2) is 4.98 Å². The Bertz CT molecular complexity index is 950. The monoisotopic (exact) mass is 368 g/mol. The Balaban J connectivity index is 1.82. The molecular formula is C20H20N2O3S. The van der Waals surface area contributed by atoms with Gasteiger partial charge in [-0.2, -0.15) is 0 Å². The van der Waals surface area contributed by atoms with Crippen LogP contribution in [0.3, 0.4) is 0 Å². The van der Waals surface area contributed by atoms with E-state index < -0.39 is 0 Å². The molecule has 1 amide bonds. The van der Waals surface area contributed by atoms with E-state index in [1.165, 1.54) is 11.3 Å². The van der Waals surface area contributed by atoms with Crippen molar-refractivity contribution >= 4 is 22.4 Å². The number of amides is 1. The second kappa shape index (κ2) is 7.58. The van der Waals surface area contributed by atoms with E-state index in [9.17, 15) is 4.79 Å². The maximum Gasteiger partial charge on any atom is 0.257 e. The van der Waals surface area contributed by atoms with Gasteiger partial charge in [0.25, 0.3) is 5.91 Å². The molecule has 6 heteroatoms. The van der Waals surface area contributed by atoms with Crippen molar-refractivity contribution in [2.24, 2.45) is 0 Å². The largest absolute Gasteiger partial charge is 0.497 e. The summed E-state index contributed by atoms with van der Waals surface area (Å²) in [4.78, 5) is 17.0. The first-order chi connectivity index (χ1) is 12.5. The van der Waals surface area contributed by atoms with Crippen LogP contribution in [-0.2, 0) is 0 Å². The van der Waals surface area contributed by atoms with E-state index in [1.807, 2.05) is 55.6 Å². The highest BCUT2D eigenvalue weighted by Gasteiger charge is 2.14. The molecule has 2 aromatic carbocycles. The number of benzene rings is 2. The third-order valence-corrected chi connectivity index (χ3v) is 4.94. The lowest BCUT2D eigenvalue weighted by atomic mass is 10.1. The molecule has 0 saturated carbocycles. The molecule has 3 aromatic rings. The summed E-state index contributed by atoms with van der Waals surface area (Å²) < 4.78 is 10.6. The molecule has 0 atom stereocenters. The first kappa shape index (κ1) is 17.9. The van der Waals surface area contributed by atoms with Gasteiger partial charge < -0.3 is 9.47 Å². The molecule has 26 heavy (non-hydrogen) atoms. The molecular weight excluding hydrogens is 348 g/mol. The van der Waals surface area contributed by atoms with Crippen molar-refractivity contribution in [2.75, 3.05) is 19.5 Å². The van der Waals surface area contributed by atoms with Gasteiger partial charge >= 0.3 is 0 Å². The van der Waals surface area contributed by atoms with Crippen molar-refractivity contribution in [1.29, 1.82) is 0 Å². The van der Waals surface area contributed by atoms with Crippen molar-refractivity contribution in [3.8, 4) is 22.8 Å². The van der Waals surface area contributed by atoms with Gasteiger partial charge in [0.15, 0.2) is 5.13 Å². The second-order valence-electron chi connectivity index (χ2n) is 5.86. The summed E-state index contributed by atoms with van der Waals surface area (Å²) in [5.41, 5.74) is 4.44. The maximum atomic E-state index is 12.4. The van der Waals surface area contributed by atoms with Gasteiger partial charge in [-0.05, 0) is 49.2 Å². The van der Waals surface area contributed by atoms with Gasteiger partial charge in [-0.3, -0.25) is 10.1 Å². The number of nitrogens with one attached hydrogen (secondary N) is 1. The third-order valence-electron chi connectivity index (χ3n) is 4.18. The molecule has 0 bridgehead atoms. The molecule has 134 valence electrons. The molecule has 0 radical (unpaired) electrons. The van der Waals surface area contributed by atoms with Crippen LogP contribution in [0.4, 0.5) is 5.13 Å². The topological polar surface area (TPSA) is 60.5 Å². The number of aryl methyl sites for hydroxylation is 2. The molecule has 0 unspecified atom stereocenters. The van der Waals surface area contributed by atoms with Gasteiger partial charge in [-0.1, -0.05) is 6.07 Å². The van der Waals surface area contributed by atoms with Crippen LogP contribution in [0.2, 0.25) is 0 Å². The van der Waals surface area contributed by atoms with E-state index >= 15 is 0 Å². The standard InChI is InChI=1S/C20H20N2O3S/c1-12-5-6-14(9-13(12)2)19(23)22-20-21-17(11-26-20)16-8-7-15(24-3)10-18(16)25-4/h5-11H,1-4H3,(H,21,22,23). The Morgan fingerprint density at radius 2 is 1.85 bits per heavy atom. The minimum Gasteiger partial charge on any atom is -0.497 e. The number of thiazole rings is 1. The van der Waals surface area contributed by atoms with Crippen molar-refractivity contribution in [3.63, 3.8) is 0 Å². The summed E-state index contributed by atoms with van der Waals surface area (Å²) in [6.07, 6.45) is 0. The number of methoxy groups -OCH3 is 2. The Labute approximate surface area is 156 Å². The van der Waals surface area contributed by atoms with Crippen LogP contribution < -0.4 is 14.8 Å². The molecule has 0 fully saturated rings. The molecule has 1 aromatic heterocycles. The van der Waals surface area contributed by atoms with Gasteiger partial charge in [0.05, 0.1) is 19.9 Å². The summed E-state index contributed by atoms with van der Waals surface area (Å²) in [6.45, 7) is 4.01. The smallest absolute Gasteiger partial charge is 0.257 e. The zero-order chi connectivity index (χ0) is 18.7. The fourth-order valence-electron chi connectivity index (χ4n) is 2.52. The normalized spacial score (nSPS) is 10.5. The van der Waals surface area contributed by atoms with Crippen LogP contribution >= 0.6 is 11.3 Å². The highest BCUT2D eigenvalue weighted by Crippen LogP contribution is 2.34. The van der Waals surface area contributed by atoms with Gasteiger partial charge in [0.2, 0.25) is 0 Å². The number of rotatable bonds is 5. The molecule has 1 N–H and O–H groups in total. The Hall–Kier alpha value is -2.86. The van der Waals surface area contributed by atoms with Crippen LogP contribution in [-0.4, -0.2) is 25.1 Å². The first-order valence-electron chi connectivity index (χ1n) is 8.08. The highest BCUT2D eigenvalue weighted by atomic mass is 32.1. The maximum absolute atomic E-state index is 12.4. The predicted molar refractivity (Wildman–Crippen MR) is 105 cm³/mol. The Morgan fingerprint density at radius 1 is 1.04 bits per heavy atom. The number of carbonyl (C=O) groups is 1. The van der Waals surface area contributed by atoms with Crippen LogP contribution in [0.15, 0.2) is 41.8 Å². The third kappa shape index (κ3) is 3.70. The van der Waals surface area contributed by atoms with Crippen molar-refractivity contribution < 1.29 is 14.3 Å². The highest BCUT2D eigenvalue weighted by molar-refractivity contribution is 7.14. The van der Waals surface area contributed by atoms with E-state index in [0.29, 0.717) is 22.2 Å². The number of aromatic nitrogens is 1. The number of nitrogens with zero attached hydrogens (tertiary/aromatic N) is 1. The van der Waals surface area contributed by atoms with Crippen molar-refractivity contribution in [3.05, 3.63) is 58.5 Å². The lowest BCUT2D eigenvalue weighted by Crippen LogP contribution is -2.12. The zero-order valence-electron chi connectivity index (χ0n) is 15.1. The van der Waals surface area contributed by atoms with Gasteiger partial charge in [-0.15, -0.1) is 11.3 Å².